The van der Waals surface area contributed by atoms with Crippen molar-refractivity contribution in [1.29, 1.82) is 0 Å². The number of hydrogen-bond acceptors (Lipinski definition) is 8. The molecule has 1 saturated carbocycles. The molecule has 0 radical (unpaired) electrons. The maximum absolute atomic E-state index is 12.4. The molecule has 13 heteroatoms. The second-order valence-corrected chi connectivity index (χ2v) is 10.3. The highest BCUT2D eigenvalue weighted by molar-refractivity contribution is 5.91. The first kappa shape index (κ1) is 23.7. The zero-order valence-corrected chi connectivity index (χ0v) is 20.2. The van der Waals surface area contributed by atoms with Gasteiger partial charge in [0.15, 0.2) is 17.0 Å². The lowest BCUT2D eigenvalue weighted by molar-refractivity contribution is -0.126. The number of aliphatic hydroxyl groups excluding tert-OH is 1. The highest BCUT2D eigenvalue weighted by Crippen LogP contribution is 2.32. The van der Waals surface area contributed by atoms with E-state index >= 15 is 0 Å². The Balaban J connectivity index is 1.36. The van der Waals surface area contributed by atoms with Gasteiger partial charge in [0, 0.05) is 24.4 Å². The fourth-order valence-corrected chi connectivity index (χ4v) is 4.36. The van der Waals surface area contributed by atoms with E-state index in [1.807, 2.05) is 20.8 Å². The third kappa shape index (κ3) is 4.35. The van der Waals surface area contributed by atoms with Gasteiger partial charge in [0.1, 0.15) is 5.60 Å². The van der Waals surface area contributed by atoms with E-state index in [1.54, 1.807) is 34.2 Å². The average molecular weight is 494 g/mol. The Kier molecular flexibility index (Phi) is 5.63. The molecule has 3 aromatic heterocycles. The zero-order valence-electron chi connectivity index (χ0n) is 20.2. The fourth-order valence-electron chi connectivity index (χ4n) is 4.36. The number of amides is 2. The van der Waals surface area contributed by atoms with Crippen molar-refractivity contribution < 1.29 is 19.4 Å². The van der Waals surface area contributed by atoms with E-state index in [1.165, 1.54) is 4.52 Å². The highest BCUT2D eigenvalue weighted by Gasteiger charge is 2.51. The van der Waals surface area contributed by atoms with Gasteiger partial charge in [0.2, 0.25) is 18.4 Å². The Morgan fingerprint density at radius 3 is 2.75 bits per heavy atom. The first-order valence-electron chi connectivity index (χ1n) is 11.6. The molecule has 13 nitrogen and oxygen atoms in total. The normalized spacial score (nSPS) is 20.8. The standard InChI is InChI=1S/C23H27N9O4/c1-22(2,3)36-21(35)30-12-23(13-30,11-24-4)31-10-15(9-26-31)18-25-6-5-17-27-20(29-32(17)18)28-19(34)14-7-16(33)8-14/h5-6,9-10,14,16,33H,7-8,11-13H2,1-3H3,(H,28,29,34). The van der Waals surface area contributed by atoms with Crippen molar-refractivity contribution in [3.63, 3.8) is 0 Å². The van der Waals surface area contributed by atoms with E-state index in [2.05, 4.69) is 30.3 Å². The van der Waals surface area contributed by atoms with E-state index in [0.717, 1.165) is 0 Å². The number of carbonyl (C=O) groups is 2. The molecule has 2 N–H and O–H groups in total. The molecule has 36 heavy (non-hydrogen) atoms. The molecule has 1 aliphatic carbocycles. The molecule has 2 amide bonds. The van der Waals surface area contributed by atoms with Crippen LogP contribution in [0.4, 0.5) is 10.7 Å². The van der Waals surface area contributed by atoms with Crippen LogP contribution in [0.2, 0.25) is 0 Å². The second-order valence-electron chi connectivity index (χ2n) is 10.3. The molecule has 4 heterocycles. The molecular formula is C23H27N9O4. The number of rotatable bonds is 5. The number of nitrogens with one attached hydrogen (secondary N) is 1. The first-order chi connectivity index (χ1) is 17.1. The lowest BCUT2D eigenvalue weighted by atomic mass is 9.82. The number of likely N-dealkylation sites (tertiary alicyclic amines) is 1. The van der Waals surface area contributed by atoms with Gasteiger partial charge in [-0.15, -0.1) is 5.10 Å². The van der Waals surface area contributed by atoms with E-state index in [4.69, 9.17) is 11.3 Å². The summed E-state index contributed by atoms with van der Waals surface area (Å²) >= 11 is 0. The van der Waals surface area contributed by atoms with Crippen molar-refractivity contribution in [3.05, 3.63) is 36.1 Å². The minimum absolute atomic E-state index is 0.152. The first-order valence-corrected chi connectivity index (χ1v) is 11.6. The molecule has 0 unspecified atom stereocenters. The number of aliphatic hydroxyl groups is 1. The average Bonchev–Trinajstić information content (AvgIpc) is 3.39. The molecule has 1 saturated heterocycles. The van der Waals surface area contributed by atoms with Gasteiger partial charge < -0.3 is 19.6 Å². The Labute approximate surface area is 206 Å². The number of aromatic nitrogens is 6. The summed E-state index contributed by atoms with van der Waals surface area (Å²) in [4.78, 5) is 38.7. The van der Waals surface area contributed by atoms with Gasteiger partial charge in [-0.2, -0.15) is 14.6 Å². The van der Waals surface area contributed by atoms with Crippen LogP contribution in [0.25, 0.3) is 21.9 Å². The number of anilines is 1. The van der Waals surface area contributed by atoms with Gasteiger partial charge in [0.05, 0.1) is 31.0 Å². The maximum Gasteiger partial charge on any atom is 0.410 e. The van der Waals surface area contributed by atoms with Gasteiger partial charge in [-0.1, -0.05) is 0 Å². The van der Waals surface area contributed by atoms with E-state index < -0.39 is 23.3 Å². The molecule has 0 atom stereocenters. The SMILES string of the molecule is [C-]#[N+]CC1(n2cc(-c3nccc4nc(NC(=O)C5CC(O)C5)nn34)cn2)CN(C(=O)OC(C)(C)C)C1. The van der Waals surface area contributed by atoms with Crippen molar-refractivity contribution >= 4 is 23.6 Å². The van der Waals surface area contributed by atoms with E-state index in [9.17, 15) is 14.7 Å². The number of ether oxygens (including phenoxy) is 1. The molecular weight excluding hydrogens is 466 g/mol. The fraction of sp³-hybridized carbons (Fsp3) is 0.522. The molecule has 0 aromatic carbocycles. The van der Waals surface area contributed by atoms with Crippen LogP contribution in [0.15, 0.2) is 24.7 Å². The lowest BCUT2D eigenvalue weighted by Crippen LogP contribution is -2.66. The predicted octanol–water partition coefficient (Wildman–Crippen LogP) is 1.56. The van der Waals surface area contributed by atoms with Gasteiger partial charge in [0.25, 0.3) is 0 Å². The molecule has 0 spiro atoms. The van der Waals surface area contributed by atoms with Crippen LogP contribution in [-0.2, 0) is 15.1 Å². The van der Waals surface area contributed by atoms with E-state index in [-0.39, 0.29) is 24.3 Å². The molecule has 2 fully saturated rings. The molecule has 2 aliphatic rings. The smallest absolute Gasteiger partial charge is 0.410 e. The molecule has 3 aromatic rings. The number of nitrogens with zero attached hydrogens (tertiary/aromatic N) is 8. The van der Waals surface area contributed by atoms with Crippen LogP contribution >= 0.6 is 0 Å². The van der Waals surface area contributed by atoms with Crippen LogP contribution in [0.5, 0.6) is 0 Å². The molecule has 5 rings (SSSR count). The Bertz CT molecular complexity index is 1350. The predicted molar refractivity (Wildman–Crippen MR) is 127 cm³/mol. The number of hydrogen-bond donors (Lipinski definition) is 2. The monoisotopic (exact) mass is 493 g/mol. The van der Waals surface area contributed by atoms with Crippen LogP contribution < -0.4 is 5.32 Å². The minimum atomic E-state index is -0.667. The van der Waals surface area contributed by atoms with E-state index in [0.29, 0.717) is 43.0 Å². The van der Waals surface area contributed by atoms with Crippen LogP contribution in [-0.4, -0.2) is 82.7 Å². The van der Waals surface area contributed by atoms with Gasteiger partial charge in [-0.3, -0.25) is 14.8 Å². The van der Waals surface area contributed by atoms with Crippen molar-refractivity contribution in [3.8, 4) is 11.4 Å². The van der Waals surface area contributed by atoms with Crippen molar-refractivity contribution in [2.45, 2.75) is 50.9 Å². The topological polar surface area (TPSA) is 144 Å². The molecule has 1 aliphatic heterocycles. The number of carbonyl (C=O) groups excluding carboxylic acids is 2. The Hall–Kier alpha value is -4.05. The third-order valence-electron chi connectivity index (χ3n) is 6.29. The zero-order chi connectivity index (χ0) is 25.7. The Morgan fingerprint density at radius 1 is 1.33 bits per heavy atom. The van der Waals surface area contributed by atoms with Crippen LogP contribution in [0, 0.1) is 12.5 Å². The second kappa shape index (κ2) is 8.56. The summed E-state index contributed by atoms with van der Waals surface area (Å²) in [5.74, 6) is 0.148. The van der Waals surface area contributed by atoms with Crippen molar-refractivity contribution in [2.75, 3.05) is 25.0 Å². The molecule has 188 valence electrons. The van der Waals surface area contributed by atoms with Gasteiger partial charge in [-0.25, -0.2) is 16.4 Å². The summed E-state index contributed by atoms with van der Waals surface area (Å²) in [5, 5.41) is 21.0. The summed E-state index contributed by atoms with van der Waals surface area (Å²) in [6, 6.07) is 1.68. The molecule has 0 bridgehead atoms. The van der Waals surface area contributed by atoms with Gasteiger partial charge in [-0.05, 0) is 33.6 Å². The van der Waals surface area contributed by atoms with Crippen LogP contribution in [0.1, 0.15) is 33.6 Å². The Morgan fingerprint density at radius 2 is 2.08 bits per heavy atom. The summed E-state index contributed by atoms with van der Waals surface area (Å²) in [5.41, 5.74) is -0.134. The summed E-state index contributed by atoms with van der Waals surface area (Å²) in [6.45, 7) is 13.6. The van der Waals surface area contributed by atoms with Crippen molar-refractivity contribution in [2.24, 2.45) is 5.92 Å². The highest BCUT2D eigenvalue weighted by atomic mass is 16.6. The largest absolute Gasteiger partial charge is 0.444 e. The summed E-state index contributed by atoms with van der Waals surface area (Å²) in [6.07, 6.45) is 5.00. The summed E-state index contributed by atoms with van der Waals surface area (Å²) < 4.78 is 8.65. The number of fused-ring (bicyclic) bond motifs is 1. The third-order valence-corrected chi connectivity index (χ3v) is 6.29. The van der Waals surface area contributed by atoms with Crippen LogP contribution in [0.3, 0.4) is 0 Å². The minimum Gasteiger partial charge on any atom is -0.444 e. The maximum atomic E-state index is 12.4. The lowest BCUT2D eigenvalue weighted by Gasteiger charge is -2.46. The van der Waals surface area contributed by atoms with Gasteiger partial charge >= 0.3 is 6.09 Å². The summed E-state index contributed by atoms with van der Waals surface area (Å²) in [7, 11) is 0. The van der Waals surface area contributed by atoms with Crippen molar-refractivity contribution in [1.82, 2.24) is 34.3 Å². The quantitative estimate of drug-likeness (QED) is 0.510.